The van der Waals surface area contributed by atoms with E-state index in [2.05, 4.69) is 10.3 Å². The van der Waals surface area contributed by atoms with Gasteiger partial charge in [-0.3, -0.25) is 20.2 Å². The van der Waals surface area contributed by atoms with Gasteiger partial charge in [0.2, 0.25) is 5.91 Å². The van der Waals surface area contributed by atoms with Crippen molar-refractivity contribution < 1.29 is 19.2 Å². The molecule has 130 valence electrons. The molecule has 1 amide bonds. The minimum atomic E-state index is -0.605. The number of nitrogens with one attached hydrogen (secondary N) is 1. The van der Waals surface area contributed by atoms with E-state index in [1.807, 2.05) is 0 Å². The third-order valence-corrected chi connectivity index (χ3v) is 3.89. The number of carbonyl (C=O) groups excluding carboxylic acids is 2. The van der Waals surface area contributed by atoms with Gasteiger partial charge in [-0.25, -0.2) is 9.78 Å². The number of thiazole rings is 1. The number of amides is 1. The van der Waals surface area contributed by atoms with Crippen LogP contribution in [0.4, 0.5) is 10.8 Å². The van der Waals surface area contributed by atoms with Crippen LogP contribution < -0.4 is 5.32 Å². The summed E-state index contributed by atoms with van der Waals surface area (Å²) in [7, 11) is 0. The van der Waals surface area contributed by atoms with E-state index in [-0.39, 0.29) is 28.1 Å². The van der Waals surface area contributed by atoms with Gasteiger partial charge in [0.1, 0.15) is 5.02 Å². The normalized spacial score (nSPS) is 10.6. The van der Waals surface area contributed by atoms with Crippen LogP contribution in [-0.2, 0) is 9.53 Å². The van der Waals surface area contributed by atoms with Crippen molar-refractivity contribution in [3.05, 3.63) is 56.0 Å². The molecule has 0 bridgehead atoms. The van der Waals surface area contributed by atoms with Gasteiger partial charge >= 0.3 is 5.97 Å². The van der Waals surface area contributed by atoms with Crippen LogP contribution in [0, 0.1) is 10.1 Å². The second-order valence-corrected chi connectivity index (χ2v) is 5.81. The predicted molar refractivity (Wildman–Crippen MR) is 93.8 cm³/mol. The predicted octanol–water partition coefficient (Wildman–Crippen LogP) is 3.53. The number of rotatable bonds is 6. The minimum Gasteiger partial charge on any atom is -0.461 e. The molecule has 1 heterocycles. The molecular weight excluding hydrogens is 370 g/mol. The maximum Gasteiger partial charge on any atom is 0.357 e. The number of esters is 1. The molecule has 0 saturated heterocycles. The van der Waals surface area contributed by atoms with Crippen molar-refractivity contribution >= 4 is 51.7 Å². The maximum absolute atomic E-state index is 11.9. The molecule has 2 rings (SSSR count). The molecule has 0 atom stereocenters. The molecule has 1 aromatic heterocycles. The lowest BCUT2D eigenvalue weighted by molar-refractivity contribution is -0.384. The molecule has 1 aromatic carbocycles. The van der Waals surface area contributed by atoms with Gasteiger partial charge in [-0.15, -0.1) is 11.3 Å². The Balaban J connectivity index is 2.03. The highest BCUT2D eigenvalue weighted by atomic mass is 35.5. The van der Waals surface area contributed by atoms with Crippen molar-refractivity contribution in [1.29, 1.82) is 0 Å². The average molecular weight is 382 g/mol. The Morgan fingerprint density at radius 1 is 1.48 bits per heavy atom. The number of carbonyl (C=O) groups is 2. The zero-order valence-electron chi connectivity index (χ0n) is 12.9. The van der Waals surface area contributed by atoms with Crippen LogP contribution in [-0.4, -0.2) is 28.4 Å². The molecule has 0 unspecified atom stereocenters. The van der Waals surface area contributed by atoms with Crippen molar-refractivity contribution in [3.63, 3.8) is 0 Å². The number of nitrogens with zero attached hydrogens (tertiary/aromatic N) is 2. The lowest BCUT2D eigenvalue weighted by Gasteiger charge is -1.98. The van der Waals surface area contributed by atoms with Gasteiger partial charge in [0, 0.05) is 17.5 Å². The number of hydrogen-bond donors (Lipinski definition) is 1. The summed E-state index contributed by atoms with van der Waals surface area (Å²) in [6.07, 6.45) is 2.59. The highest BCUT2D eigenvalue weighted by molar-refractivity contribution is 7.14. The first kappa shape index (κ1) is 18.6. The number of anilines is 1. The monoisotopic (exact) mass is 381 g/mol. The Hall–Kier alpha value is -2.78. The SMILES string of the molecule is CCOC(=O)c1csc(NC(=O)/C=C/c2ccc(Cl)c([N+](=O)[O-])c2)n1. The van der Waals surface area contributed by atoms with Crippen molar-refractivity contribution in [2.45, 2.75) is 6.92 Å². The van der Waals surface area contributed by atoms with Crippen LogP contribution in [0.5, 0.6) is 0 Å². The number of benzene rings is 1. The molecule has 2 aromatic rings. The Kier molecular flexibility index (Phi) is 6.20. The number of hydrogen-bond acceptors (Lipinski definition) is 7. The Bertz CT molecular complexity index is 849. The molecule has 0 aliphatic carbocycles. The summed E-state index contributed by atoms with van der Waals surface area (Å²) in [5.41, 5.74) is 0.306. The van der Waals surface area contributed by atoms with Crippen LogP contribution in [0.25, 0.3) is 6.08 Å². The third kappa shape index (κ3) is 5.10. The van der Waals surface area contributed by atoms with Gasteiger partial charge in [0.05, 0.1) is 11.5 Å². The molecule has 0 radical (unpaired) electrons. The van der Waals surface area contributed by atoms with Crippen LogP contribution in [0.2, 0.25) is 5.02 Å². The largest absolute Gasteiger partial charge is 0.461 e. The summed E-state index contributed by atoms with van der Waals surface area (Å²) < 4.78 is 4.80. The highest BCUT2D eigenvalue weighted by Gasteiger charge is 2.13. The van der Waals surface area contributed by atoms with Crippen molar-refractivity contribution in [2.75, 3.05) is 11.9 Å². The van der Waals surface area contributed by atoms with Gasteiger partial charge < -0.3 is 4.74 Å². The van der Waals surface area contributed by atoms with Gasteiger partial charge in [-0.05, 0) is 24.6 Å². The standard InChI is InChI=1S/C15H12ClN3O5S/c1-2-24-14(21)11-8-25-15(17-11)18-13(20)6-4-9-3-5-10(16)12(7-9)19(22)23/h3-8H,2H2,1H3,(H,17,18,20)/b6-4+. The van der Waals surface area contributed by atoms with E-state index >= 15 is 0 Å². The Morgan fingerprint density at radius 3 is 2.92 bits per heavy atom. The van der Waals surface area contributed by atoms with Gasteiger partial charge in [-0.1, -0.05) is 17.7 Å². The molecular formula is C15H12ClN3O5S. The van der Waals surface area contributed by atoms with Crippen molar-refractivity contribution in [2.24, 2.45) is 0 Å². The first-order chi connectivity index (χ1) is 11.9. The van der Waals surface area contributed by atoms with Gasteiger partial charge in [0.15, 0.2) is 10.8 Å². The average Bonchev–Trinajstić information content (AvgIpc) is 3.02. The summed E-state index contributed by atoms with van der Waals surface area (Å²) in [5.74, 6) is -1.06. The number of nitro benzene ring substituents is 1. The van der Waals surface area contributed by atoms with Gasteiger partial charge in [0.25, 0.3) is 5.69 Å². The highest BCUT2D eigenvalue weighted by Crippen LogP contribution is 2.25. The number of halogens is 1. The van der Waals surface area contributed by atoms with Crippen LogP contribution in [0.3, 0.4) is 0 Å². The van der Waals surface area contributed by atoms with E-state index in [1.54, 1.807) is 13.0 Å². The fourth-order valence-electron chi connectivity index (χ4n) is 1.72. The van der Waals surface area contributed by atoms with Crippen molar-refractivity contribution in [1.82, 2.24) is 4.98 Å². The second-order valence-electron chi connectivity index (χ2n) is 4.55. The third-order valence-electron chi connectivity index (χ3n) is 2.81. The summed E-state index contributed by atoms with van der Waals surface area (Å²) in [6, 6.07) is 4.18. The van der Waals surface area contributed by atoms with E-state index in [0.29, 0.717) is 5.56 Å². The smallest absolute Gasteiger partial charge is 0.357 e. The molecule has 0 spiro atoms. The van der Waals surface area contributed by atoms with Crippen LogP contribution >= 0.6 is 22.9 Å². The summed E-state index contributed by atoms with van der Waals surface area (Å²) >= 11 is 6.80. The fourth-order valence-corrected chi connectivity index (χ4v) is 2.59. The second kappa shape index (κ2) is 8.36. The van der Waals surface area contributed by atoms with Crippen LogP contribution in [0.1, 0.15) is 23.0 Å². The maximum atomic E-state index is 11.9. The van der Waals surface area contributed by atoms with E-state index in [0.717, 1.165) is 11.3 Å². The summed E-state index contributed by atoms with van der Waals surface area (Å²) in [6.45, 7) is 1.91. The molecule has 0 aliphatic heterocycles. The van der Waals surface area contributed by atoms with Gasteiger partial charge in [-0.2, -0.15) is 0 Å². The first-order valence-electron chi connectivity index (χ1n) is 6.96. The lowest BCUT2D eigenvalue weighted by atomic mass is 10.2. The number of aromatic nitrogens is 1. The molecule has 10 heteroatoms. The topological polar surface area (TPSA) is 111 Å². The van der Waals surface area contributed by atoms with E-state index in [4.69, 9.17) is 16.3 Å². The molecule has 8 nitrogen and oxygen atoms in total. The van der Waals surface area contributed by atoms with Crippen molar-refractivity contribution in [3.8, 4) is 0 Å². The van der Waals surface area contributed by atoms with E-state index < -0.39 is 16.8 Å². The number of ether oxygens (including phenoxy) is 1. The molecule has 0 aliphatic rings. The minimum absolute atomic E-state index is 0.0147. The number of nitro groups is 1. The summed E-state index contributed by atoms with van der Waals surface area (Å²) in [4.78, 5) is 37.5. The van der Waals surface area contributed by atoms with E-state index in [9.17, 15) is 19.7 Å². The summed E-state index contributed by atoms with van der Waals surface area (Å²) in [5, 5.41) is 15.0. The quantitative estimate of drug-likeness (QED) is 0.354. The first-order valence-corrected chi connectivity index (χ1v) is 8.22. The zero-order valence-corrected chi connectivity index (χ0v) is 14.5. The lowest BCUT2D eigenvalue weighted by Crippen LogP contribution is -2.09. The Labute approximate surface area is 151 Å². The zero-order chi connectivity index (χ0) is 18.4. The molecule has 25 heavy (non-hydrogen) atoms. The molecule has 1 N–H and O–H groups in total. The van der Waals surface area contributed by atoms with Crippen LogP contribution in [0.15, 0.2) is 29.7 Å². The molecule has 0 saturated carbocycles. The molecule has 0 fully saturated rings. The Morgan fingerprint density at radius 2 is 2.24 bits per heavy atom. The fraction of sp³-hybridized carbons (Fsp3) is 0.133. The van der Waals surface area contributed by atoms with E-state index in [1.165, 1.54) is 29.7 Å².